The summed E-state index contributed by atoms with van der Waals surface area (Å²) in [5.41, 5.74) is 6.93. The Bertz CT molecular complexity index is 961. The van der Waals surface area contributed by atoms with E-state index < -0.39 is 11.7 Å². The van der Waals surface area contributed by atoms with E-state index in [1.165, 1.54) is 25.3 Å². The van der Waals surface area contributed by atoms with E-state index in [9.17, 15) is 9.18 Å². The molecule has 0 unspecified atom stereocenters. The normalized spacial score (nSPS) is 10.6. The van der Waals surface area contributed by atoms with Crippen LogP contribution in [-0.2, 0) is 6.61 Å². The quantitative estimate of drug-likeness (QED) is 0.688. The predicted molar refractivity (Wildman–Crippen MR) is 92.6 cm³/mol. The van der Waals surface area contributed by atoms with Crippen molar-refractivity contribution in [3.63, 3.8) is 0 Å². The largest absolute Gasteiger partial charge is 0.496 e. The van der Waals surface area contributed by atoms with Gasteiger partial charge in [-0.2, -0.15) is 15.4 Å². The molecule has 0 radical (unpaired) electrons. The lowest BCUT2D eigenvalue weighted by molar-refractivity contribution is 0.0996. The van der Waals surface area contributed by atoms with Gasteiger partial charge < -0.3 is 15.2 Å². The van der Waals surface area contributed by atoms with Gasteiger partial charge in [-0.3, -0.25) is 4.79 Å². The zero-order valence-electron chi connectivity index (χ0n) is 13.6. The summed E-state index contributed by atoms with van der Waals surface area (Å²) >= 11 is 5.97. The van der Waals surface area contributed by atoms with Crippen molar-refractivity contribution in [2.24, 2.45) is 5.73 Å². The standard InChI is InChI=1S/C17H14ClFN4O3/c1-25-13-4-2-9(15-16(17(20)24)22-23-21-15)6-10(13)8-26-14-5-3-11(19)7-12(14)18/h2-7H,8H2,1H3,(H2,20,24)(H,21,22,23). The number of aromatic nitrogens is 3. The lowest BCUT2D eigenvalue weighted by Crippen LogP contribution is -2.12. The van der Waals surface area contributed by atoms with E-state index in [0.29, 0.717) is 28.3 Å². The van der Waals surface area contributed by atoms with Crippen LogP contribution in [0.4, 0.5) is 4.39 Å². The first kappa shape index (κ1) is 17.7. The van der Waals surface area contributed by atoms with E-state index in [4.69, 9.17) is 26.8 Å². The highest BCUT2D eigenvalue weighted by Crippen LogP contribution is 2.30. The first-order valence-corrected chi connectivity index (χ1v) is 7.83. The second-order valence-electron chi connectivity index (χ2n) is 5.28. The lowest BCUT2D eigenvalue weighted by atomic mass is 10.1. The third kappa shape index (κ3) is 3.60. The molecule has 3 aromatic rings. The van der Waals surface area contributed by atoms with Gasteiger partial charge in [-0.1, -0.05) is 11.6 Å². The molecule has 0 aliphatic rings. The fourth-order valence-electron chi connectivity index (χ4n) is 2.39. The zero-order valence-corrected chi connectivity index (χ0v) is 14.4. The van der Waals surface area contributed by atoms with Crippen LogP contribution < -0.4 is 15.2 Å². The number of rotatable bonds is 6. The molecule has 1 aromatic heterocycles. The van der Waals surface area contributed by atoms with Gasteiger partial charge >= 0.3 is 0 Å². The first-order valence-electron chi connectivity index (χ1n) is 7.45. The van der Waals surface area contributed by atoms with Gasteiger partial charge in [0, 0.05) is 11.1 Å². The summed E-state index contributed by atoms with van der Waals surface area (Å²) in [6.45, 7) is 0.103. The molecule has 9 heteroatoms. The Kier molecular flexibility index (Phi) is 5.04. The molecule has 0 aliphatic heterocycles. The molecule has 7 nitrogen and oxygen atoms in total. The molecule has 0 atom stereocenters. The van der Waals surface area contributed by atoms with Crippen LogP contribution in [0.3, 0.4) is 0 Å². The van der Waals surface area contributed by atoms with Gasteiger partial charge in [-0.05, 0) is 36.4 Å². The molecule has 0 bridgehead atoms. The number of methoxy groups -OCH3 is 1. The number of hydrogen-bond acceptors (Lipinski definition) is 5. The number of primary amides is 1. The number of carbonyl (C=O) groups is 1. The Morgan fingerprint density at radius 2 is 2.00 bits per heavy atom. The van der Waals surface area contributed by atoms with E-state index in [-0.39, 0.29) is 17.3 Å². The Labute approximate surface area is 152 Å². The summed E-state index contributed by atoms with van der Waals surface area (Å²) < 4.78 is 24.1. The fraction of sp³-hybridized carbons (Fsp3) is 0.118. The molecule has 2 aromatic carbocycles. The Balaban J connectivity index is 1.90. The minimum absolute atomic E-state index is 0.0311. The average molecular weight is 377 g/mol. The van der Waals surface area contributed by atoms with E-state index >= 15 is 0 Å². The molecule has 3 rings (SSSR count). The van der Waals surface area contributed by atoms with Crippen molar-refractivity contribution in [2.45, 2.75) is 6.61 Å². The van der Waals surface area contributed by atoms with Gasteiger partial charge in [-0.15, -0.1) is 0 Å². The maximum Gasteiger partial charge on any atom is 0.271 e. The highest BCUT2D eigenvalue weighted by molar-refractivity contribution is 6.32. The molecule has 0 spiro atoms. The maximum atomic E-state index is 13.1. The fourth-order valence-corrected chi connectivity index (χ4v) is 2.61. The van der Waals surface area contributed by atoms with Crippen LogP contribution in [-0.4, -0.2) is 28.4 Å². The van der Waals surface area contributed by atoms with E-state index in [2.05, 4.69) is 15.4 Å². The van der Waals surface area contributed by atoms with Crippen molar-refractivity contribution in [1.29, 1.82) is 0 Å². The third-order valence-electron chi connectivity index (χ3n) is 3.61. The van der Waals surface area contributed by atoms with Crippen LogP contribution in [0.15, 0.2) is 36.4 Å². The number of nitrogens with two attached hydrogens (primary N) is 1. The molecule has 0 saturated carbocycles. The molecule has 134 valence electrons. The van der Waals surface area contributed by atoms with Gasteiger partial charge in [-0.25, -0.2) is 4.39 Å². The molecule has 1 heterocycles. The minimum atomic E-state index is -0.694. The monoisotopic (exact) mass is 376 g/mol. The maximum absolute atomic E-state index is 13.1. The van der Waals surface area contributed by atoms with Crippen molar-refractivity contribution in [3.05, 3.63) is 58.5 Å². The van der Waals surface area contributed by atoms with Crippen LogP contribution in [0.25, 0.3) is 11.3 Å². The molecular weight excluding hydrogens is 363 g/mol. The van der Waals surface area contributed by atoms with Crippen molar-refractivity contribution in [1.82, 2.24) is 15.4 Å². The van der Waals surface area contributed by atoms with Crippen LogP contribution in [0.5, 0.6) is 11.5 Å². The highest BCUT2D eigenvalue weighted by atomic mass is 35.5. The molecule has 1 amide bonds. The molecule has 3 N–H and O–H groups in total. The number of hydrogen-bond donors (Lipinski definition) is 2. The van der Waals surface area contributed by atoms with Gasteiger partial charge in [0.1, 0.15) is 29.6 Å². The Hall–Kier alpha value is -3.13. The van der Waals surface area contributed by atoms with Crippen LogP contribution in [0.1, 0.15) is 16.1 Å². The Morgan fingerprint density at radius 3 is 2.69 bits per heavy atom. The third-order valence-corrected chi connectivity index (χ3v) is 3.91. The Morgan fingerprint density at radius 1 is 1.23 bits per heavy atom. The second kappa shape index (κ2) is 7.40. The molecular formula is C17H14ClFN4O3. The van der Waals surface area contributed by atoms with Crippen molar-refractivity contribution in [2.75, 3.05) is 7.11 Å². The van der Waals surface area contributed by atoms with Gasteiger partial charge in [0.25, 0.3) is 5.91 Å². The van der Waals surface area contributed by atoms with Gasteiger partial charge in [0.2, 0.25) is 0 Å². The number of aromatic amines is 1. The number of benzene rings is 2. The van der Waals surface area contributed by atoms with Gasteiger partial charge in [0.15, 0.2) is 5.69 Å². The number of nitrogens with one attached hydrogen (secondary N) is 1. The topological polar surface area (TPSA) is 103 Å². The molecule has 0 saturated heterocycles. The summed E-state index contributed by atoms with van der Waals surface area (Å²) in [5, 5.41) is 10.3. The SMILES string of the molecule is COc1ccc(-c2n[nH]nc2C(N)=O)cc1COc1ccc(F)cc1Cl. The van der Waals surface area contributed by atoms with Crippen LogP contribution in [0, 0.1) is 5.82 Å². The van der Waals surface area contributed by atoms with E-state index in [1.807, 2.05) is 0 Å². The summed E-state index contributed by atoms with van der Waals surface area (Å²) in [5.74, 6) is -0.247. The summed E-state index contributed by atoms with van der Waals surface area (Å²) in [7, 11) is 1.52. The number of nitrogens with zero attached hydrogens (tertiary/aromatic N) is 2. The zero-order chi connectivity index (χ0) is 18.7. The van der Waals surface area contributed by atoms with Crippen LogP contribution in [0.2, 0.25) is 5.02 Å². The average Bonchev–Trinajstić information content (AvgIpc) is 3.11. The smallest absolute Gasteiger partial charge is 0.271 e. The predicted octanol–water partition coefficient (Wildman–Crippen LogP) is 2.95. The minimum Gasteiger partial charge on any atom is -0.496 e. The summed E-state index contributed by atoms with van der Waals surface area (Å²) in [4.78, 5) is 11.4. The van der Waals surface area contributed by atoms with Crippen molar-refractivity contribution >= 4 is 17.5 Å². The van der Waals surface area contributed by atoms with E-state index in [1.54, 1.807) is 18.2 Å². The number of carbonyl (C=O) groups excluding carboxylic acids is 1. The molecule has 26 heavy (non-hydrogen) atoms. The summed E-state index contributed by atoms with van der Waals surface area (Å²) in [6, 6.07) is 9.02. The molecule has 0 fully saturated rings. The number of ether oxygens (including phenoxy) is 2. The summed E-state index contributed by atoms with van der Waals surface area (Å²) in [6.07, 6.45) is 0. The second-order valence-corrected chi connectivity index (χ2v) is 5.68. The van der Waals surface area contributed by atoms with Crippen molar-refractivity contribution < 1.29 is 18.7 Å². The highest BCUT2D eigenvalue weighted by Gasteiger charge is 2.17. The number of H-pyrrole nitrogens is 1. The van der Waals surface area contributed by atoms with Crippen LogP contribution >= 0.6 is 11.6 Å². The number of halogens is 2. The van der Waals surface area contributed by atoms with Gasteiger partial charge in [0.05, 0.1) is 12.1 Å². The first-order chi connectivity index (χ1) is 12.5. The van der Waals surface area contributed by atoms with Crippen molar-refractivity contribution in [3.8, 4) is 22.8 Å². The lowest BCUT2D eigenvalue weighted by Gasteiger charge is -2.12. The molecule has 0 aliphatic carbocycles. The van der Waals surface area contributed by atoms with E-state index in [0.717, 1.165) is 0 Å². The number of amides is 1.